The number of phenols is 1. The van der Waals surface area contributed by atoms with Crippen LogP contribution < -0.4 is 5.32 Å². The number of phenolic OH excluding ortho intramolecular Hbond substituents is 1. The van der Waals surface area contributed by atoms with Gasteiger partial charge in [-0.15, -0.1) is 11.3 Å². The van der Waals surface area contributed by atoms with Crippen molar-refractivity contribution in [1.29, 1.82) is 0 Å². The average Bonchev–Trinajstić information content (AvgIpc) is 2.82. The zero-order valence-electron chi connectivity index (χ0n) is 11.5. The molecule has 3 nitrogen and oxygen atoms in total. The minimum absolute atomic E-state index is 0.0636. The highest BCUT2D eigenvalue weighted by Crippen LogP contribution is 2.34. The molecule has 0 aliphatic carbocycles. The standard InChI is InChI=1S/C14H16Cl2N2OS/c1-14(2,3)13-18-9(7-20-13)6-17-8-4-10(15)12(19)11(16)5-8/h4-5,7,17,19H,6H2,1-3H3. The molecule has 0 amide bonds. The highest BCUT2D eigenvalue weighted by atomic mass is 35.5. The van der Waals surface area contributed by atoms with Crippen molar-refractivity contribution in [2.24, 2.45) is 0 Å². The molecule has 1 heterocycles. The van der Waals surface area contributed by atoms with Gasteiger partial charge in [0.25, 0.3) is 0 Å². The summed E-state index contributed by atoms with van der Waals surface area (Å²) in [6, 6.07) is 3.28. The molecule has 0 saturated heterocycles. The summed E-state index contributed by atoms with van der Waals surface area (Å²) < 4.78 is 0. The second-order valence-corrected chi connectivity index (χ2v) is 7.21. The van der Waals surface area contributed by atoms with E-state index in [0.717, 1.165) is 16.4 Å². The van der Waals surface area contributed by atoms with Gasteiger partial charge in [0.2, 0.25) is 0 Å². The van der Waals surface area contributed by atoms with Crippen LogP contribution in [0.2, 0.25) is 10.0 Å². The molecule has 0 aliphatic rings. The predicted octanol–water partition coefficient (Wildman–Crippen LogP) is 5.07. The van der Waals surface area contributed by atoms with Crippen LogP contribution >= 0.6 is 34.5 Å². The van der Waals surface area contributed by atoms with Gasteiger partial charge >= 0.3 is 0 Å². The first kappa shape index (κ1) is 15.4. The van der Waals surface area contributed by atoms with Crippen LogP contribution in [0.3, 0.4) is 0 Å². The number of thiazole rings is 1. The topological polar surface area (TPSA) is 45.2 Å². The van der Waals surface area contributed by atoms with Gasteiger partial charge in [-0.3, -0.25) is 0 Å². The molecule has 20 heavy (non-hydrogen) atoms. The second-order valence-electron chi connectivity index (χ2n) is 5.54. The van der Waals surface area contributed by atoms with E-state index in [4.69, 9.17) is 23.2 Å². The SMILES string of the molecule is CC(C)(C)c1nc(CNc2cc(Cl)c(O)c(Cl)c2)cs1. The maximum absolute atomic E-state index is 9.51. The molecule has 0 aliphatic heterocycles. The highest BCUT2D eigenvalue weighted by Gasteiger charge is 2.17. The number of hydrogen-bond acceptors (Lipinski definition) is 4. The fraction of sp³-hybridized carbons (Fsp3) is 0.357. The Balaban J connectivity index is 2.08. The molecule has 108 valence electrons. The van der Waals surface area contributed by atoms with Crippen molar-refractivity contribution in [3.63, 3.8) is 0 Å². The number of rotatable bonds is 3. The molecule has 6 heteroatoms. The molecule has 0 fully saturated rings. The van der Waals surface area contributed by atoms with Crippen molar-refractivity contribution < 1.29 is 5.11 Å². The van der Waals surface area contributed by atoms with E-state index in [2.05, 4.69) is 31.1 Å². The Morgan fingerprint density at radius 3 is 2.35 bits per heavy atom. The average molecular weight is 331 g/mol. The summed E-state index contributed by atoms with van der Waals surface area (Å²) in [7, 11) is 0. The zero-order valence-corrected chi connectivity index (χ0v) is 13.8. The first-order chi connectivity index (χ1) is 9.27. The summed E-state index contributed by atoms with van der Waals surface area (Å²) in [6.45, 7) is 7.01. The molecule has 0 radical (unpaired) electrons. The van der Waals surface area contributed by atoms with Crippen LogP contribution in [-0.4, -0.2) is 10.1 Å². The van der Waals surface area contributed by atoms with Gasteiger partial charge < -0.3 is 10.4 Å². The van der Waals surface area contributed by atoms with Crippen LogP contribution in [0.4, 0.5) is 5.69 Å². The Kier molecular flexibility index (Phi) is 4.47. The van der Waals surface area contributed by atoms with Gasteiger partial charge in [0.15, 0.2) is 5.75 Å². The van der Waals surface area contributed by atoms with E-state index in [1.807, 2.05) is 5.38 Å². The molecule has 0 bridgehead atoms. The van der Waals surface area contributed by atoms with Crippen LogP contribution in [0.5, 0.6) is 5.75 Å². The molecular formula is C14H16Cl2N2OS. The van der Waals surface area contributed by atoms with Crippen LogP contribution in [0.15, 0.2) is 17.5 Å². The van der Waals surface area contributed by atoms with E-state index in [1.165, 1.54) is 0 Å². The molecule has 0 unspecified atom stereocenters. The third-order valence-electron chi connectivity index (χ3n) is 2.68. The second kappa shape index (κ2) is 5.80. The quantitative estimate of drug-likeness (QED) is 0.772. The first-order valence-electron chi connectivity index (χ1n) is 6.14. The van der Waals surface area contributed by atoms with E-state index in [-0.39, 0.29) is 21.2 Å². The number of halogens is 2. The Morgan fingerprint density at radius 1 is 1.25 bits per heavy atom. The summed E-state index contributed by atoms with van der Waals surface area (Å²) >= 11 is 13.4. The minimum Gasteiger partial charge on any atom is -0.505 e. The molecule has 1 aromatic heterocycles. The zero-order chi connectivity index (χ0) is 14.9. The molecule has 2 N–H and O–H groups in total. The summed E-state index contributed by atoms with van der Waals surface area (Å²) in [6.07, 6.45) is 0. The summed E-state index contributed by atoms with van der Waals surface area (Å²) in [5, 5.41) is 16.3. The van der Waals surface area contributed by atoms with Gasteiger partial charge in [-0.25, -0.2) is 4.98 Å². The number of aromatic hydroxyl groups is 1. The first-order valence-corrected chi connectivity index (χ1v) is 7.77. The van der Waals surface area contributed by atoms with E-state index in [1.54, 1.807) is 23.5 Å². The smallest absolute Gasteiger partial charge is 0.152 e. The number of nitrogens with one attached hydrogen (secondary N) is 1. The molecule has 0 atom stereocenters. The summed E-state index contributed by atoms with van der Waals surface area (Å²) in [5.41, 5.74) is 1.79. The molecule has 2 aromatic rings. The lowest BCUT2D eigenvalue weighted by molar-refractivity contribution is 0.476. The van der Waals surface area contributed by atoms with Crippen LogP contribution in [0.1, 0.15) is 31.5 Å². The molecule has 1 aromatic carbocycles. The van der Waals surface area contributed by atoms with E-state index in [0.29, 0.717) is 6.54 Å². The summed E-state index contributed by atoms with van der Waals surface area (Å²) in [4.78, 5) is 4.60. The Hall–Kier alpha value is -0.970. The number of anilines is 1. The van der Waals surface area contributed by atoms with Gasteiger partial charge in [0, 0.05) is 16.5 Å². The van der Waals surface area contributed by atoms with Crippen LogP contribution in [0, 0.1) is 0 Å². The predicted molar refractivity (Wildman–Crippen MR) is 86.3 cm³/mol. The van der Waals surface area contributed by atoms with Crippen molar-refractivity contribution >= 4 is 40.2 Å². The maximum Gasteiger partial charge on any atom is 0.152 e. The lowest BCUT2D eigenvalue weighted by Crippen LogP contribution is -2.11. The lowest BCUT2D eigenvalue weighted by atomic mass is 9.98. The fourth-order valence-electron chi connectivity index (χ4n) is 1.59. The Morgan fingerprint density at radius 2 is 1.85 bits per heavy atom. The van der Waals surface area contributed by atoms with Gasteiger partial charge in [0.05, 0.1) is 27.3 Å². The third kappa shape index (κ3) is 3.57. The maximum atomic E-state index is 9.51. The number of benzene rings is 1. The van der Waals surface area contributed by atoms with Gasteiger partial charge in [-0.2, -0.15) is 0 Å². The van der Waals surface area contributed by atoms with Crippen LogP contribution in [-0.2, 0) is 12.0 Å². The van der Waals surface area contributed by atoms with Gasteiger partial charge in [-0.05, 0) is 12.1 Å². The van der Waals surface area contributed by atoms with Crippen molar-refractivity contribution in [3.05, 3.63) is 38.3 Å². The Labute approximate surface area is 132 Å². The van der Waals surface area contributed by atoms with E-state index >= 15 is 0 Å². The van der Waals surface area contributed by atoms with Crippen molar-refractivity contribution in [2.45, 2.75) is 32.7 Å². The Bertz CT molecular complexity index is 597. The summed E-state index contributed by atoms with van der Waals surface area (Å²) in [5.74, 6) is -0.0949. The monoisotopic (exact) mass is 330 g/mol. The van der Waals surface area contributed by atoms with Crippen molar-refractivity contribution in [3.8, 4) is 5.75 Å². The third-order valence-corrected chi connectivity index (χ3v) is 4.58. The molecule has 0 spiro atoms. The molecule has 0 saturated carbocycles. The van der Waals surface area contributed by atoms with Crippen molar-refractivity contribution in [2.75, 3.05) is 5.32 Å². The lowest BCUT2D eigenvalue weighted by Gasteiger charge is -2.13. The van der Waals surface area contributed by atoms with Gasteiger partial charge in [0.1, 0.15) is 0 Å². The highest BCUT2D eigenvalue weighted by molar-refractivity contribution is 7.09. The fourth-order valence-corrected chi connectivity index (χ4v) is 2.99. The van der Waals surface area contributed by atoms with E-state index < -0.39 is 0 Å². The number of aromatic nitrogens is 1. The van der Waals surface area contributed by atoms with Crippen molar-refractivity contribution in [1.82, 2.24) is 4.98 Å². The van der Waals surface area contributed by atoms with Crippen LogP contribution in [0.25, 0.3) is 0 Å². The molecular weight excluding hydrogens is 315 g/mol. The normalized spacial score (nSPS) is 11.7. The number of hydrogen-bond donors (Lipinski definition) is 2. The largest absolute Gasteiger partial charge is 0.505 e. The van der Waals surface area contributed by atoms with E-state index in [9.17, 15) is 5.11 Å². The molecule has 2 rings (SSSR count). The van der Waals surface area contributed by atoms with Gasteiger partial charge in [-0.1, -0.05) is 44.0 Å². The minimum atomic E-state index is -0.0949. The number of nitrogens with zero attached hydrogens (tertiary/aromatic N) is 1.